The molecule has 0 aromatic carbocycles. The number of nitrogens with zero attached hydrogens (tertiary/aromatic N) is 1. The maximum atomic E-state index is 11.7. The first-order chi connectivity index (χ1) is 8.43. The van der Waals surface area contributed by atoms with Crippen LogP contribution in [0, 0.1) is 0 Å². The van der Waals surface area contributed by atoms with Gasteiger partial charge in [-0.2, -0.15) is 0 Å². The summed E-state index contributed by atoms with van der Waals surface area (Å²) < 4.78 is 26.1. The highest BCUT2D eigenvalue weighted by Gasteiger charge is 2.22. The number of sulfonamides is 1. The predicted octanol–water partition coefficient (Wildman–Crippen LogP) is 1.75. The molecule has 0 aliphatic carbocycles. The van der Waals surface area contributed by atoms with Gasteiger partial charge in [0.1, 0.15) is 0 Å². The monoisotopic (exact) mass is 274 g/mol. The van der Waals surface area contributed by atoms with Crippen LogP contribution in [0.1, 0.15) is 39.5 Å². The summed E-state index contributed by atoms with van der Waals surface area (Å²) in [5.74, 6) is 0.239. The minimum absolute atomic E-state index is 0.127. The summed E-state index contributed by atoms with van der Waals surface area (Å²) in [6, 6.07) is 0.127. The molecule has 0 unspecified atom stereocenters. The Kier molecular flexibility index (Phi) is 6.32. The molecule has 106 valence electrons. The molecule has 1 fully saturated rings. The van der Waals surface area contributed by atoms with E-state index in [1.165, 1.54) is 5.57 Å². The highest BCUT2D eigenvalue weighted by molar-refractivity contribution is 7.89. The average molecular weight is 274 g/mol. The number of likely N-dealkylation sites (tertiary alicyclic amines) is 1. The van der Waals surface area contributed by atoms with Crippen molar-refractivity contribution in [2.24, 2.45) is 0 Å². The predicted molar refractivity (Wildman–Crippen MR) is 76.1 cm³/mol. The summed E-state index contributed by atoms with van der Waals surface area (Å²) in [4.78, 5) is 2.39. The van der Waals surface area contributed by atoms with Gasteiger partial charge >= 0.3 is 0 Å². The summed E-state index contributed by atoms with van der Waals surface area (Å²) >= 11 is 0. The summed E-state index contributed by atoms with van der Waals surface area (Å²) in [6.45, 7) is 10.8. The Morgan fingerprint density at radius 2 is 2.00 bits per heavy atom. The molecule has 1 rings (SSSR count). The topological polar surface area (TPSA) is 49.4 Å². The van der Waals surface area contributed by atoms with Gasteiger partial charge in [0.2, 0.25) is 10.0 Å². The van der Waals surface area contributed by atoms with E-state index in [9.17, 15) is 8.42 Å². The molecule has 1 aliphatic heterocycles. The average Bonchev–Trinajstić information content (AvgIpc) is 2.27. The van der Waals surface area contributed by atoms with E-state index in [4.69, 9.17) is 0 Å². The van der Waals surface area contributed by atoms with Crippen molar-refractivity contribution < 1.29 is 8.42 Å². The fourth-order valence-electron chi connectivity index (χ4n) is 2.20. The van der Waals surface area contributed by atoms with Crippen molar-refractivity contribution >= 4 is 10.0 Å². The van der Waals surface area contributed by atoms with Crippen LogP contribution in [0.2, 0.25) is 0 Å². The Morgan fingerprint density at radius 1 is 1.39 bits per heavy atom. The van der Waals surface area contributed by atoms with E-state index < -0.39 is 10.0 Å². The highest BCUT2D eigenvalue weighted by atomic mass is 32.2. The van der Waals surface area contributed by atoms with Gasteiger partial charge in [0, 0.05) is 12.6 Å². The smallest absolute Gasteiger partial charge is 0.211 e. The zero-order chi connectivity index (χ0) is 13.6. The van der Waals surface area contributed by atoms with Gasteiger partial charge in [0.25, 0.3) is 0 Å². The summed E-state index contributed by atoms with van der Waals surface area (Å²) in [6.07, 6.45) is 3.54. The van der Waals surface area contributed by atoms with E-state index in [1.807, 2.05) is 13.8 Å². The van der Waals surface area contributed by atoms with Gasteiger partial charge in [-0.05, 0) is 45.7 Å². The summed E-state index contributed by atoms with van der Waals surface area (Å²) in [5.41, 5.74) is 1.21. The Bertz CT molecular complexity index is 357. The van der Waals surface area contributed by atoms with Crippen LogP contribution in [0.25, 0.3) is 0 Å². The van der Waals surface area contributed by atoms with Gasteiger partial charge in [0.15, 0.2) is 0 Å². The molecule has 0 saturated carbocycles. The van der Waals surface area contributed by atoms with Crippen molar-refractivity contribution in [3.05, 3.63) is 12.2 Å². The molecule has 0 radical (unpaired) electrons. The van der Waals surface area contributed by atoms with Crippen LogP contribution in [-0.4, -0.2) is 44.7 Å². The van der Waals surface area contributed by atoms with Gasteiger partial charge < -0.3 is 4.90 Å². The molecule has 18 heavy (non-hydrogen) atoms. The first-order valence-corrected chi connectivity index (χ1v) is 8.45. The molecule has 1 aliphatic rings. The van der Waals surface area contributed by atoms with E-state index in [0.717, 1.165) is 38.9 Å². The van der Waals surface area contributed by atoms with Gasteiger partial charge in [-0.1, -0.05) is 12.5 Å². The van der Waals surface area contributed by atoms with Gasteiger partial charge in [-0.25, -0.2) is 13.1 Å². The fourth-order valence-corrected chi connectivity index (χ4v) is 3.60. The molecule has 0 spiro atoms. The van der Waals surface area contributed by atoms with Crippen LogP contribution >= 0.6 is 0 Å². The van der Waals surface area contributed by atoms with Crippen LogP contribution in [0.3, 0.4) is 0 Å². The number of piperidine rings is 1. The Morgan fingerprint density at radius 3 is 2.50 bits per heavy atom. The van der Waals surface area contributed by atoms with Gasteiger partial charge in [-0.3, -0.25) is 0 Å². The lowest BCUT2D eigenvalue weighted by Gasteiger charge is -2.32. The third-order valence-corrected chi connectivity index (χ3v) is 4.90. The number of hydrogen-bond donors (Lipinski definition) is 1. The zero-order valence-electron chi connectivity index (χ0n) is 11.6. The number of rotatable bonds is 7. The van der Waals surface area contributed by atoms with Crippen LogP contribution in [0.5, 0.6) is 0 Å². The van der Waals surface area contributed by atoms with Crippen molar-refractivity contribution in [2.75, 3.05) is 25.4 Å². The van der Waals surface area contributed by atoms with E-state index in [2.05, 4.69) is 16.2 Å². The fraction of sp³-hybridized carbons (Fsp3) is 0.846. The second-order valence-corrected chi connectivity index (χ2v) is 7.13. The molecule has 1 heterocycles. The summed E-state index contributed by atoms with van der Waals surface area (Å²) in [7, 11) is -3.06. The van der Waals surface area contributed by atoms with Crippen LogP contribution < -0.4 is 4.72 Å². The van der Waals surface area contributed by atoms with E-state index in [-0.39, 0.29) is 11.8 Å². The van der Waals surface area contributed by atoms with Gasteiger partial charge in [-0.15, -0.1) is 6.58 Å². The SMILES string of the molecule is C=C(C)CCN1CCC(NS(=O)(=O)CCC)CC1. The number of nitrogens with one attached hydrogen (secondary N) is 1. The van der Waals surface area contributed by atoms with Crippen LogP contribution in [0.4, 0.5) is 0 Å². The lowest BCUT2D eigenvalue weighted by atomic mass is 10.1. The van der Waals surface area contributed by atoms with E-state index in [1.54, 1.807) is 0 Å². The molecule has 1 saturated heterocycles. The largest absolute Gasteiger partial charge is 0.303 e. The molecule has 4 nitrogen and oxygen atoms in total. The van der Waals surface area contributed by atoms with E-state index >= 15 is 0 Å². The zero-order valence-corrected chi connectivity index (χ0v) is 12.4. The lowest BCUT2D eigenvalue weighted by molar-refractivity contribution is 0.209. The minimum atomic E-state index is -3.06. The molecule has 0 aromatic heterocycles. The highest BCUT2D eigenvalue weighted by Crippen LogP contribution is 2.12. The Balaban J connectivity index is 2.29. The molecule has 0 bridgehead atoms. The molecule has 5 heteroatoms. The third kappa shape index (κ3) is 5.98. The normalized spacial score (nSPS) is 19.0. The van der Waals surface area contributed by atoms with Crippen LogP contribution in [0.15, 0.2) is 12.2 Å². The molecule has 1 N–H and O–H groups in total. The molecular weight excluding hydrogens is 248 g/mol. The first kappa shape index (κ1) is 15.7. The summed E-state index contributed by atoms with van der Waals surface area (Å²) in [5, 5.41) is 0. The van der Waals surface area contributed by atoms with Crippen LogP contribution in [-0.2, 0) is 10.0 Å². The molecule has 0 aromatic rings. The Labute approximate surface area is 111 Å². The molecule has 0 amide bonds. The van der Waals surface area contributed by atoms with Crippen molar-refractivity contribution in [1.82, 2.24) is 9.62 Å². The molecule has 0 atom stereocenters. The standard InChI is InChI=1S/C13H26N2O2S/c1-4-11-18(16,17)14-13-6-9-15(10-7-13)8-5-12(2)3/h13-14H,2,4-11H2,1,3H3. The van der Waals surface area contributed by atoms with Crippen molar-refractivity contribution in [3.63, 3.8) is 0 Å². The quantitative estimate of drug-likeness (QED) is 0.720. The lowest BCUT2D eigenvalue weighted by Crippen LogP contribution is -2.45. The van der Waals surface area contributed by atoms with Crippen molar-refractivity contribution in [3.8, 4) is 0 Å². The third-order valence-electron chi connectivity index (χ3n) is 3.26. The minimum Gasteiger partial charge on any atom is -0.303 e. The van der Waals surface area contributed by atoms with E-state index in [0.29, 0.717) is 6.42 Å². The second kappa shape index (κ2) is 7.26. The second-order valence-electron chi connectivity index (χ2n) is 5.26. The maximum absolute atomic E-state index is 11.7. The maximum Gasteiger partial charge on any atom is 0.211 e. The van der Waals surface area contributed by atoms with Crippen molar-refractivity contribution in [1.29, 1.82) is 0 Å². The molecular formula is C13H26N2O2S. The number of hydrogen-bond acceptors (Lipinski definition) is 3. The van der Waals surface area contributed by atoms with Gasteiger partial charge in [0.05, 0.1) is 5.75 Å². The van der Waals surface area contributed by atoms with Crippen molar-refractivity contribution in [2.45, 2.75) is 45.6 Å². The first-order valence-electron chi connectivity index (χ1n) is 6.79. The Hall–Kier alpha value is -0.390.